The van der Waals surface area contributed by atoms with Crippen LogP contribution in [0.3, 0.4) is 0 Å². The van der Waals surface area contributed by atoms with E-state index in [4.69, 9.17) is 52.1 Å². The van der Waals surface area contributed by atoms with Gasteiger partial charge in [-0.3, -0.25) is 43.2 Å². The minimum atomic E-state index is -1.82. The van der Waals surface area contributed by atoms with Crippen LogP contribution in [0.25, 0.3) is 0 Å². The van der Waals surface area contributed by atoms with Crippen molar-refractivity contribution in [2.75, 3.05) is 32.1 Å². The number of hydrogen-bond donors (Lipinski definition) is 1. The lowest BCUT2D eigenvalue weighted by atomic mass is 9.96. The predicted molar refractivity (Wildman–Crippen MR) is 185 cm³/mol. The van der Waals surface area contributed by atoms with Crippen molar-refractivity contribution in [3.63, 3.8) is 0 Å². The number of hydrogen-bond acceptors (Lipinski definition) is 21. The smallest absolute Gasteiger partial charge is 0.303 e. The maximum absolute atomic E-state index is 12.6. The van der Waals surface area contributed by atoms with Gasteiger partial charge in [0.05, 0.1) is 6.61 Å². The minimum absolute atomic E-state index is 0.105. The normalized spacial score (nSPS) is 27.1. The van der Waals surface area contributed by atoms with Gasteiger partial charge in [0, 0.05) is 74.1 Å². The van der Waals surface area contributed by atoms with Gasteiger partial charge in [0.15, 0.2) is 48.2 Å². The molecule has 22 heteroatoms. The van der Waals surface area contributed by atoms with Gasteiger partial charge in [-0.2, -0.15) is 0 Å². The Labute approximate surface area is 326 Å². The molecule has 0 radical (unpaired) electrons. The lowest BCUT2D eigenvalue weighted by molar-refractivity contribution is -0.361. The second-order valence-electron chi connectivity index (χ2n) is 12.3. The van der Waals surface area contributed by atoms with Gasteiger partial charge < -0.3 is 57.4 Å². The van der Waals surface area contributed by atoms with Crippen LogP contribution in [0.1, 0.15) is 68.2 Å². The van der Waals surface area contributed by atoms with Crippen LogP contribution in [0.2, 0.25) is 0 Å². The summed E-state index contributed by atoms with van der Waals surface area (Å²) in [5.41, 5.74) is 0. The Balaban J connectivity index is 2.55. The van der Waals surface area contributed by atoms with E-state index in [2.05, 4.69) is 5.32 Å². The number of ether oxygens (including phenoxy) is 11. The summed E-state index contributed by atoms with van der Waals surface area (Å²) in [7, 11) is 0. The first-order valence-corrected chi connectivity index (χ1v) is 18.4. The van der Waals surface area contributed by atoms with Gasteiger partial charge in [0.25, 0.3) is 0 Å². The van der Waals surface area contributed by atoms with Gasteiger partial charge in [-0.05, 0) is 6.42 Å². The van der Waals surface area contributed by atoms with Gasteiger partial charge in [0.2, 0.25) is 5.91 Å². The Morgan fingerprint density at radius 2 is 0.964 bits per heavy atom. The summed E-state index contributed by atoms with van der Waals surface area (Å²) in [4.78, 5) is 109. The van der Waals surface area contributed by atoms with E-state index in [1.165, 1.54) is 6.92 Å². The molecular weight excluding hydrogens is 774 g/mol. The number of rotatable bonds is 19. The molecular formula is C34H49NO20S. The molecule has 2 aliphatic rings. The molecule has 0 aromatic heterocycles. The van der Waals surface area contributed by atoms with E-state index >= 15 is 0 Å². The zero-order valence-corrected chi connectivity index (χ0v) is 33.1. The summed E-state index contributed by atoms with van der Waals surface area (Å²) in [5, 5.41) is 2.56. The molecule has 0 spiro atoms. The van der Waals surface area contributed by atoms with Crippen molar-refractivity contribution in [3.8, 4) is 0 Å². The Morgan fingerprint density at radius 3 is 1.45 bits per heavy atom. The average Bonchev–Trinajstić information content (AvgIpc) is 3.06. The van der Waals surface area contributed by atoms with Crippen molar-refractivity contribution in [1.82, 2.24) is 5.32 Å². The lowest BCUT2D eigenvalue weighted by Gasteiger charge is -2.48. The fourth-order valence-electron chi connectivity index (χ4n) is 5.48. The molecule has 0 aliphatic carbocycles. The van der Waals surface area contributed by atoms with Crippen molar-refractivity contribution < 1.29 is 95.3 Å². The zero-order valence-electron chi connectivity index (χ0n) is 32.3. The standard InChI is InChI=1S/C34H49NO20S/c1-16(36)46-14-24-27(48-18(3)38)29(49-19(4)39)32(52-22(7)42)34(54-24)55-28-25(15-47-17(2)37)53-33(31(51-21(6)41)30(28)50-20(5)40)45-12-9-11-35-26(44)10-13-56-23(8)43/h24-25,27-34H,9-15H2,1-8H3,(H,35,44)/t24-,25-,27+,28-,29+,30+,31-,32-,33-,34+/m1/s1. The molecule has 2 heterocycles. The fourth-order valence-corrected chi connectivity index (χ4v) is 6.06. The van der Waals surface area contributed by atoms with Gasteiger partial charge in [-0.1, -0.05) is 11.8 Å². The lowest BCUT2D eigenvalue weighted by Crippen LogP contribution is -2.67. The third-order valence-electron chi connectivity index (χ3n) is 7.45. The first-order chi connectivity index (χ1) is 26.3. The number of carbonyl (C=O) groups is 9. The van der Waals surface area contributed by atoms with Crippen molar-refractivity contribution in [2.45, 2.75) is 130 Å². The minimum Gasteiger partial charge on any atom is -0.463 e. The van der Waals surface area contributed by atoms with Crippen LogP contribution < -0.4 is 5.32 Å². The molecule has 1 N–H and O–H groups in total. The fraction of sp³-hybridized carbons (Fsp3) is 0.735. The highest BCUT2D eigenvalue weighted by molar-refractivity contribution is 8.13. The van der Waals surface area contributed by atoms with Crippen molar-refractivity contribution in [2.24, 2.45) is 0 Å². The Kier molecular flexibility index (Phi) is 20.2. The average molecular weight is 824 g/mol. The number of amides is 1. The molecule has 0 saturated carbocycles. The van der Waals surface area contributed by atoms with E-state index < -0.39 is 116 Å². The van der Waals surface area contributed by atoms with Crippen molar-refractivity contribution in [1.29, 1.82) is 0 Å². The van der Waals surface area contributed by atoms with Crippen LogP contribution in [-0.2, 0) is 95.3 Å². The highest BCUT2D eigenvalue weighted by atomic mass is 32.2. The van der Waals surface area contributed by atoms with Crippen LogP contribution in [0.5, 0.6) is 0 Å². The highest BCUT2D eigenvalue weighted by Crippen LogP contribution is 2.35. The molecule has 2 rings (SSSR count). The summed E-state index contributed by atoms with van der Waals surface area (Å²) in [6.07, 6.45) is -15.5. The molecule has 0 unspecified atom stereocenters. The summed E-state index contributed by atoms with van der Waals surface area (Å²) >= 11 is 1.01. The van der Waals surface area contributed by atoms with Crippen LogP contribution >= 0.6 is 11.8 Å². The van der Waals surface area contributed by atoms with Crippen molar-refractivity contribution in [3.05, 3.63) is 0 Å². The summed E-state index contributed by atoms with van der Waals surface area (Å²) in [6, 6.07) is 0. The maximum Gasteiger partial charge on any atom is 0.303 e. The number of esters is 7. The Bertz CT molecular complexity index is 1420. The van der Waals surface area contributed by atoms with Gasteiger partial charge >= 0.3 is 41.8 Å². The SMILES string of the molecule is CC(=O)OC[C@H]1O[C@@H](O[C@H]2[C@H](OC(C)=O)[C@@H](OC(C)=O)[C@H](OCCCNC(=O)CCSC(C)=O)O[C@@H]2COC(C)=O)[C@H](OC(C)=O)[C@@H](OC(C)=O)[C@H]1OC(C)=O. The summed E-state index contributed by atoms with van der Waals surface area (Å²) in [5.74, 6) is -6.02. The first-order valence-electron chi connectivity index (χ1n) is 17.4. The largest absolute Gasteiger partial charge is 0.463 e. The zero-order chi connectivity index (χ0) is 42.1. The van der Waals surface area contributed by atoms with Crippen LogP contribution in [0.15, 0.2) is 0 Å². The molecule has 316 valence electrons. The van der Waals surface area contributed by atoms with E-state index in [0.717, 1.165) is 60.2 Å². The molecule has 0 bridgehead atoms. The third-order valence-corrected chi connectivity index (χ3v) is 8.26. The van der Waals surface area contributed by atoms with Gasteiger partial charge in [0.1, 0.15) is 31.5 Å². The molecule has 2 saturated heterocycles. The molecule has 10 atom stereocenters. The molecule has 2 aliphatic heterocycles. The quantitative estimate of drug-likeness (QED) is 0.100. The van der Waals surface area contributed by atoms with Gasteiger partial charge in [-0.25, -0.2) is 0 Å². The molecule has 56 heavy (non-hydrogen) atoms. The summed E-state index contributed by atoms with van der Waals surface area (Å²) in [6.45, 7) is 7.63. The Hall–Kier alpha value is -4.38. The van der Waals surface area contributed by atoms with E-state index in [0.29, 0.717) is 5.75 Å². The maximum atomic E-state index is 12.6. The monoisotopic (exact) mass is 823 g/mol. The summed E-state index contributed by atoms with van der Waals surface area (Å²) < 4.78 is 62.1. The molecule has 0 aromatic rings. The first kappa shape index (κ1) is 47.8. The molecule has 2 fully saturated rings. The van der Waals surface area contributed by atoms with E-state index in [1.807, 2.05) is 0 Å². The van der Waals surface area contributed by atoms with Crippen LogP contribution in [0.4, 0.5) is 0 Å². The topological polar surface area (TPSA) is 267 Å². The number of nitrogens with one attached hydrogen (secondary N) is 1. The molecule has 1 amide bonds. The third kappa shape index (κ3) is 16.8. The number of carbonyl (C=O) groups excluding carboxylic acids is 9. The van der Waals surface area contributed by atoms with E-state index in [9.17, 15) is 43.2 Å². The second-order valence-corrected chi connectivity index (χ2v) is 13.6. The van der Waals surface area contributed by atoms with Crippen molar-refractivity contribution >= 4 is 64.6 Å². The van der Waals surface area contributed by atoms with Crippen LogP contribution in [-0.4, -0.2) is 146 Å². The van der Waals surface area contributed by atoms with Gasteiger partial charge in [-0.15, -0.1) is 0 Å². The van der Waals surface area contributed by atoms with E-state index in [1.54, 1.807) is 0 Å². The predicted octanol–water partition coefficient (Wildman–Crippen LogP) is -0.201. The molecule has 21 nitrogen and oxygen atoms in total. The Morgan fingerprint density at radius 1 is 0.536 bits per heavy atom. The molecule has 0 aromatic carbocycles. The number of thioether (sulfide) groups is 1. The second kappa shape index (κ2) is 23.6. The van der Waals surface area contributed by atoms with E-state index in [-0.39, 0.29) is 37.0 Å². The van der Waals surface area contributed by atoms with Crippen LogP contribution in [0, 0.1) is 0 Å². The highest BCUT2D eigenvalue weighted by Gasteiger charge is 2.57.